The smallest absolute Gasteiger partial charge is 0.152 e. The molecule has 0 aromatic carbocycles. The molecule has 15 heavy (non-hydrogen) atoms. The van der Waals surface area contributed by atoms with Gasteiger partial charge in [0.2, 0.25) is 0 Å². The molecule has 3 nitrogen and oxygen atoms in total. The Morgan fingerprint density at radius 3 is 2.33 bits per heavy atom. The van der Waals surface area contributed by atoms with Crippen molar-refractivity contribution in [2.24, 2.45) is 0 Å². The second-order valence-electron chi connectivity index (χ2n) is 4.57. The maximum Gasteiger partial charge on any atom is 0.152 e. The van der Waals surface area contributed by atoms with E-state index < -0.39 is 20.8 Å². The van der Waals surface area contributed by atoms with Gasteiger partial charge in [0, 0.05) is 0 Å². The van der Waals surface area contributed by atoms with Crippen LogP contribution in [0.3, 0.4) is 0 Å². The normalized spacial score (nSPS) is 21.9. The van der Waals surface area contributed by atoms with Crippen molar-refractivity contribution in [3.05, 3.63) is 0 Å². The van der Waals surface area contributed by atoms with Crippen molar-refractivity contribution in [1.29, 1.82) is 0 Å². The molecule has 1 heterocycles. The maximum absolute atomic E-state index is 14.1. The van der Waals surface area contributed by atoms with Crippen molar-refractivity contribution < 1.29 is 12.8 Å². The van der Waals surface area contributed by atoms with Crippen LogP contribution in [-0.4, -0.2) is 38.2 Å². The molecule has 0 aromatic rings. The first-order chi connectivity index (χ1) is 6.86. The molecule has 0 aliphatic carbocycles. The molecule has 0 amide bonds. The highest BCUT2D eigenvalue weighted by molar-refractivity contribution is 7.91. The van der Waals surface area contributed by atoms with Crippen LogP contribution in [0.25, 0.3) is 0 Å². The first kappa shape index (κ1) is 12.9. The summed E-state index contributed by atoms with van der Waals surface area (Å²) in [6.07, 6.45) is 1.01. The maximum atomic E-state index is 14.1. The molecule has 0 spiro atoms. The lowest BCUT2D eigenvalue weighted by atomic mass is 9.92. The minimum absolute atomic E-state index is 0.0266. The van der Waals surface area contributed by atoms with Gasteiger partial charge >= 0.3 is 0 Å². The average molecular weight is 237 g/mol. The molecule has 1 aliphatic rings. The second-order valence-corrected chi connectivity index (χ2v) is 7.24. The van der Waals surface area contributed by atoms with Crippen LogP contribution < -0.4 is 5.32 Å². The number of nitrogens with one attached hydrogen (secondary N) is 1. The molecule has 1 N–H and O–H groups in total. The van der Waals surface area contributed by atoms with E-state index in [1.54, 1.807) is 13.8 Å². The van der Waals surface area contributed by atoms with Crippen molar-refractivity contribution in [1.82, 2.24) is 5.32 Å². The lowest BCUT2D eigenvalue weighted by molar-refractivity contribution is 0.112. The molecule has 1 aliphatic heterocycles. The number of sulfone groups is 1. The minimum atomic E-state index is -3.10. The molecule has 5 heteroatoms. The van der Waals surface area contributed by atoms with Gasteiger partial charge in [0.25, 0.3) is 0 Å². The van der Waals surface area contributed by atoms with E-state index in [4.69, 9.17) is 0 Å². The Kier molecular flexibility index (Phi) is 4.12. The molecule has 1 rings (SSSR count). The van der Waals surface area contributed by atoms with Gasteiger partial charge < -0.3 is 5.32 Å². The summed E-state index contributed by atoms with van der Waals surface area (Å²) >= 11 is 0. The molecule has 0 aromatic heterocycles. The highest BCUT2D eigenvalue weighted by Crippen LogP contribution is 2.28. The van der Waals surface area contributed by atoms with Gasteiger partial charge in [-0.2, -0.15) is 0 Å². The molecule has 1 fully saturated rings. The highest BCUT2D eigenvalue weighted by Gasteiger charge is 2.33. The third-order valence-corrected chi connectivity index (χ3v) is 5.26. The van der Waals surface area contributed by atoms with Gasteiger partial charge in [0.1, 0.15) is 5.67 Å². The fraction of sp³-hybridized carbons (Fsp3) is 1.00. The van der Waals surface area contributed by atoms with E-state index in [0.717, 1.165) is 0 Å². The lowest BCUT2D eigenvalue weighted by Gasteiger charge is -2.30. The van der Waals surface area contributed by atoms with Gasteiger partial charge in [-0.1, -0.05) is 0 Å². The Morgan fingerprint density at radius 2 is 1.87 bits per heavy atom. The van der Waals surface area contributed by atoms with E-state index in [-0.39, 0.29) is 12.2 Å². The topological polar surface area (TPSA) is 46.2 Å². The van der Waals surface area contributed by atoms with E-state index >= 15 is 0 Å². The van der Waals surface area contributed by atoms with Gasteiger partial charge in [-0.3, -0.25) is 0 Å². The van der Waals surface area contributed by atoms with E-state index in [1.165, 1.54) is 0 Å². The molecule has 0 saturated carbocycles. The average Bonchev–Trinajstić information content (AvgIpc) is 2.16. The van der Waals surface area contributed by atoms with Crippen molar-refractivity contribution >= 4 is 9.84 Å². The van der Waals surface area contributed by atoms with Crippen LogP contribution in [0, 0.1) is 0 Å². The zero-order valence-electron chi connectivity index (χ0n) is 9.42. The van der Waals surface area contributed by atoms with Crippen molar-refractivity contribution in [3.8, 4) is 0 Å². The van der Waals surface area contributed by atoms with Crippen LogP contribution in [0.4, 0.5) is 4.39 Å². The van der Waals surface area contributed by atoms with Crippen LogP contribution in [-0.2, 0) is 9.84 Å². The molecule has 1 saturated heterocycles. The second kappa shape index (κ2) is 4.78. The fourth-order valence-corrected chi connectivity index (χ4v) is 2.81. The molecule has 0 bridgehead atoms. The predicted octanol–water partition coefficient (Wildman–Crippen LogP) is 1.29. The van der Waals surface area contributed by atoms with Gasteiger partial charge in [0.05, 0.1) is 11.0 Å². The summed E-state index contributed by atoms with van der Waals surface area (Å²) in [6.45, 7) is 4.59. The number of hydrogen-bond donors (Lipinski definition) is 1. The minimum Gasteiger partial charge on any atom is -0.316 e. The predicted molar refractivity (Wildman–Crippen MR) is 59.5 cm³/mol. The monoisotopic (exact) mass is 237 g/mol. The largest absolute Gasteiger partial charge is 0.316 e. The molecular weight excluding hydrogens is 217 g/mol. The quantitative estimate of drug-likeness (QED) is 0.801. The summed E-state index contributed by atoms with van der Waals surface area (Å²) in [7, 11) is -3.10. The Morgan fingerprint density at radius 1 is 1.33 bits per heavy atom. The van der Waals surface area contributed by atoms with Crippen LogP contribution in [0.5, 0.6) is 0 Å². The first-order valence-electron chi connectivity index (χ1n) is 5.47. The van der Waals surface area contributed by atoms with Crippen molar-refractivity contribution in [3.63, 3.8) is 0 Å². The third-order valence-electron chi connectivity index (χ3n) is 3.05. The molecule has 90 valence electrons. The van der Waals surface area contributed by atoms with E-state index in [2.05, 4.69) is 5.32 Å². The molecular formula is C10H20FNO2S. The summed E-state index contributed by atoms with van der Waals surface area (Å²) in [5.74, 6) is -0.0266. The summed E-state index contributed by atoms with van der Waals surface area (Å²) in [6, 6.07) is 0. The van der Waals surface area contributed by atoms with Crippen LogP contribution >= 0.6 is 0 Å². The van der Waals surface area contributed by atoms with Gasteiger partial charge in [-0.05, 0) is 46.2 Å². The lowest BCUT2D eigenvalue weighted by Crippen LogP contribution is -2.40. The van der Waals surface area contributed by atoms with Crippen LogP contribution in [0.15, 0.2) is 0 Å². The summed E-state index contributed by atoms with van der Waals surface area (Å²) in [5.41, 5.74) is -1.27. The summed E-state index contributed by atoms with van der Waals surface area (Å²) in [5, 5.41) is 2.67. The number of rotatable bonds is 4. The molecule has 0 atom stereocenters. The SMILES string of the molecule is CC(C)S(=O)(=O)CCC1(F)CCNCC1. The fourth-order valence-electron chi connectivity index (χ4n) is 1.69. The third kappa shape index (κ3) is 3.72. The standard InChI is InChI=1S/C10H20FNO2S/c1-9(2)15(13,14)8-5-10(11)3-6-12-7-4-10/h9,12H,3-8H2,1-2H3. The highest BCUT2D eigenvalue weighted by atomic mass is 32.2. The zero-order chi connectivity index (χ0) is 11.5. The summed E-state index contributed by atoms with van der Waals surface area (Å²) < 4.78 is 37.1. The van der Waals surface area contributed by atoms with Crippen molar-refractivity contribution in [2.75, 3.05) is 18.8 Å². The van der Waals surface area contributed by atoms with E-state index in [9.17, 15) is 12.8 Å². The van der Waals surface area contributed by atoms with E-state index in [0.29, 0.717) is 25.9 Å². The first-order valence-corrected chi connectivity index (χ1v) is 7.18. The van der Waals surface area contributed by atoms with Gasteiger partial charge in [-0.25, -0.2) is 12.8 Å². The zero-order valence-corrected chi connectivity index (χ0v) is 10.2. The Bertz CT molecular complexity index is 295. The van der Waals surface area contributed by atoms with E-state index in [1.807, 2.05) is 0 Å². The molecule has 0 unspecified atom stereocenters. The number of alkyl halides is 1. The van der Waals surface area contributed by atoms with Crippen LogP contribution in [0.2, 0.25) is 0 Å². The van der Waals surface area contributed by atoms with Crippen LogP contribution in [0.1, 0.15) is 33.1 Å². The van der Waals surface area contributed by atoms with Crippen molar-refractivity contribution in [2.45, 2.75) is 44.0 Å². The Labute approximate surface area is 91.4 Å². The Hall–Kier alpha value is -0.160. The number of piperidine rings is 1. The number of halogens is 1. The Balaban J connectivity index is 2.48. The summed E-state index contributed by atoms with van der Waals surface area (Å²) in [4.78, 5) is 0. The number of hydrogen-bond acceptors (Lipinski definition) is 3. The van der Waals surface area contributed by atoms with Gasteiger partial charge in [0.15, 0.2) is 9.84 Å². The van der Waals surface area contributed by atoms with Gasteiger partial charge in [-0.15, -0.1) is 0 Å². The molecule has 0 radical (unpaired) electrons.